The maximum absolute atomic E-state index is 11.7. The van der Waals surface area contributed by atoms with Gasteiger partial charge in [-0.1, -0.05) is 30.3 Å². The Labute approximate surface area is 89.9 Å². The third-order valence-electron chi connectivity index (χ3n) is 2.74. The second kappa shape index (κ2) is 4.94. The number of amides is 1. The molecule has 1 aliphatic heterocycles. The number of rotatable bonds is 3. The molecule has 1 saturated heterocycles. The zero-order valence-electron chi connectivity index (χ0n) is 8.70. The van der Waals surface area contributed by atoms with Gasteiger partial charge in [0, 0.05) is 13.1 Å². The number of hydrogen-bond acceptors (Lipinski definition) is 2. The normalized spacial score (nSPS) is 20.1. The molecule has 0 spiro atoms. The number of nitrogens with one attached hydrogen (secondary N) is 2. The molecule has 0 saturated carbocycles. The van der Waals surface area contributed by atoms with Gasteiger partial charge in [0.15, 0.2) is 0 Å². The Morgan fingerprint density at radius 3 is 2.87 bits per heavy atom. The van der Waals surface area contributed by atoms with Crippen molar-refractivity contribution in [2.24, 2.45) is 5.92 Å². The van der Waals surface area contributed by atoms with Crippen molar-refractivity contribution in [3.05, 3.63) is 35.9 Å². The molecule has 2 N–H and O–H groups in total. The average molecular weight is 204 g/mol. The molecular formula is C12H16N2O. The van der Waals surface area contributed by atoms with E-state index in [1.807, 2.05) is 30.3 Å². The van der Waals surface area contributed by atoms with E-state index >= 15 is 0 Å². The predicted molar refractivity (Wildman–Crippen MR) is 59.3 cm³/mol. The minimum Gasteiger partial charge on any atom is -0.352 e. The third kappa shape index (κ3) is 2.80. The summed E-state index contributed by atoms with van der Waals surface area (Å²) in [7, 11) is 0. The monoisotopic (exact) mass is 204 g/mol. The van der Waals surface area contributed by atoms with Gasteiger partial charge in [-0.2, -0.15) is 0 Å². The number of carbonyl (C=O) groups excluding carboxylic acids is 1. The van der Waals surface area contributed by atoms with Crippen LogP contribution in [-0.2, 0) is 11.3 Å². The van der Waals surface area contributed by atoms with E-state index in [-0.39, 0.29) is 11.8 Å². The molecule has 1 heterocycles. The van der Waals surface area contributed by atoms with E-state index < -0.39 is 0 Å². The molecule has 0 aliphatic carbocycles. The predicted octanol–water partition coefficient (Wildman–Crippen LogP) is 0.912. The van der Waals surface area contributed by atoms with Crippen LogP contribution < -0.4 is 10.6 Å². The van der Waals surface area contributed by atoms with E-state index in [9.17, 15) is 4.79 Å². The van der Waals surface area contributed by atoms with Crippen LogP contribution in [0.3, 0.4) is 0 Å². The van der Waals surface area contributed by atoms with Crippen LogP contribution in [0.2, 0.25) is 0 Å². The number of carbonyl (C=O) groups is 1. The van der Waals surface area contributed by atoms with Crippen LogP contribution in [0.15, 0.2) is 30.3 Å². The zero-order valence-corrected chi connectivity index (χ0v) is 8.70. The summed E-state index contributed by atoms with van der Waals surface area (Å²) in [5.41, 5.74) is 1.15. The van der Waals surface area contributed by atoms with Gasteiger partial charge in [-0.15, -0.1) is 0 Å². The van der Waals surface area contributed by atoms with Crippen LogP contribution in [0.1, 0.15) is 12.0 Å². The topological polar surface area (TPSA) is 41.1 Å². The summed E-state index contributed by atoms with van der Waals surface area (Å²) in [6.45, 7) is 2.42. The largest absolute Gasteiger partial charge is 0.352 e. The molecular weight excluding hydrogens is 188 g/mol. The SMILES string of the molecule is O=C(NCc1ccccc1)[C@H]1CCNC1. The summed E-state index contributed by atoms with van der Waals surface area (Å²) >= 11 is 0. The molecule has 1 amide bonds. The molecule has 1 aliphatic rings. The van der Waals surface area contributed by atoms with Crippen molar-refractivity contribution < 1.29 is 4.79 Å². The maximum atomic E-state index is 11.7. The van der Waals surface area contributed by atoms with Crippen LogP contribution in [0, 0.1) is 5.92 Å². The summed E-state index contributed by atoms with van der Waals surface area (Å²) in [5.74, 6) is 0.331. The van der Waals surface area contributed by atoms with E-state index in [4.69, 9.17) is 0 Å². The molecule has 0 aromatic heterocycles. The lowest BCUT2D eigenvalue weighted by Crippen LogP contribution is -2.31. The summed E-state index contributed by atoms with van der Waals surface area (Å²) in [6, 6.07) is 9.99. The molecule has 0 unspecified atom stereocenters. The fourth-order valence-electron chi connectivity index (χ4n) is 1.81. The minimum atomic E-state index is 0.161. The number of hydrogen-bond donors (Lipinski definition) is 2. The van der Waals surface area contributed by atoms with Gasteiger partial charge in [0.2, 0.25) is 5.91 Å². The minimum absolute atomic E-state index is 0.161. The van der Waals surface area contributed by atoms with Gasteiger partial charge in [-0.05, 0) is 18.5 Å². The highest BCUT2D eigenvalue weighted by Crippen LogP contribution is 2.07. The first-order valence-corrected chi connectivity index (χ1v) is 5.38. The highest BCUT2D eigenvalue weighted by Gasteiger charge is 2.21. The van der Waals surface area contributed by atoms with Crippen molar-refractivity contribution in [1.29, 1.82) is 0 Å². The Morgan fingerprint density at radius 1 is 1.40 bits per heavy atom. The Balaban J connectivity index is 1.80. The molecule has 0 bridgehead atoms. The quantitative estimate of drug-likeness (QED) is 0.768. The van der Waals surface area contributed by atoms with Crippen LogP contribution in [0.25, 0.3) is 0 Å². The fraction of sp³-hybridized carbons (Fsp3) is 0.417. The summed E-state index contributed by atoms with van der Waals surface area (Å²) in [5, 5.41) is 6.15. The fourth-order valence-corrected chi connectivity index (χ4v) is 1.81. The maximum Gasteiger partial charge on any atom is 0.224 e. The second-order valence-electron chi connectivity index (χ2n) is 3.89. The second-order valence-corrected chi connectivity index (χ2v) is 3.89. The van der Waals surface area contributed by atoms with Crippen molar-refractivity contribution in [3.63, 3.8) is 0 Å². The zero-order chi connectivity index (χ0) is 10.5. The molecule has 80 valence electrons. The van der Waals surface area contributed by atoms with E-state index in [1.54, 1.807) is 0 Å². The van der Waals surface area contributed by atoms with E-state index in [2.05, 4.69) is 10.6 Å². The molecule has 1 atom stereocenters. The Hall–Kier alpha value is -1.35. The Kier molecular flexibility index (Phi) is 3.35. The van der Waals surface area contributed by atoms with E-state index in [0.29, 0.717) is 6.54 Å². The lowest BCUT2D eigenvalue weighted by Gasteiger charge is -2.09. The lowest BCUT2D eigenvalue weighted by atomic mass is 10.1. The molecule has 1 aromatic rings. The van der Waals surface area contributed by atoms with Gasteiger partial charge in [-0.3, -0.25) is 4.79 Å². The highest BCUT2D eigenvalue weighted by molar-refractivity contribution is 5.79. The standard InChI is InChI=1S/C12H16N2O/c15-12(11-6-7-13-9-11)14-8-10-4-2-1-3-5-10/h1-5,11,13H,6-9H2,(H,14,15)/t11-/m0/s1. The van der Waals surface area contributed by atoms with Gasteiger partial charge >= 0.3 is 0 Å². The van der Waals surface area contributed by atoms with Gasteiger partial charge in [0.25, 0.3) is 0 Å². The molecule has 1 aromatic carbocycles. The van der Waals surface area contributed by atoms with Crippen LogP contribution in [-0.4, -0.2) is 19.0 Å². The van der Waals surface area contributed by atoms with Crippen molar-refractivity contribution >= 4 is 5.91 Å². The van der Waals surface area contributed by atoms with Gasteiger partial charge in [0.05, 0.1) is 5.92 Å². The molecule has 0 radical (unpaired) electrons. The van der Waals surface area contributed by atoms with Crippen molar-refractivity contribution in [1.82, 2.24) is 10.6 Å². The van der Waals surface area contributed by atoms with Gasteiger partial charge in [0.1, 0.15) is 0 Å². The Bertz CT molecular complexity index is 318. The number of benzene rings is 1. The van der Waals surface area contributed by atoms with Crippen LogP contribution >= 0.6 is 0 Å². The molecule has 3 heteroatoms. The molecule has 15 heavy (non-hydrogen) atoms. The summed E-state index contributed by atoms with van der Waals surface area (Å²) in [4.78, 5) is 11.7. The third-order valence-corrected chi connectivity index (χ3v) is 2.74. The van der Waals surface area contributed by atoms with Gasteiger partial charge < -0.3 is 10.6 Å². The average Bonchev–Trinajstić information content (AvgIpc) is 2.81. The molecule has 3 nitrogen and oxygen atoms in total. The summed E-state index contributed by atoms with van der Waals surface area (Å²) in [6.07, 6.45) is 0.959. The lowest BCUT2D eigenvalue weighted by molar-refractivity contribution is -0.124. The van der Waals surface area contributed by atoms with Gasteiger partial charge in [-0.25, -0.2) is 0 Å². The van der Waals surface area contributed by atoms with E-state index in [1.165, 1.54) is 0 Å². The first-order valence-electron chi connectivity index (χ1n) is 5.38. The Morgan fingerprint density at radius 2 is 2.20 bits per heavy atom. The highest BCUT2D eigenvalue weighted by atomic mass is 16.1. The summed E-state index contributed by atoms with van der Waals surface area (Å²) < 4.78 is 0. The van der Waals surface area contributed by atoms with Crippen molar-refractivity contribution in [3.8, 4) is 0 Å². The van der Waals surface area contributed by atoms with Crippen molar-refractivity contribution in [2.45, 2.75) is 13.0 Å². The first kappa shape index (κ1) is 10.2. The van der Waals surface area contributed by atoms with Crippen LogP contribution in [0.4, 0.5) is 0 Å². The van der Waals surface area contributed by atoms with Crippen molar-refractivity contribution in [2.75, 3.05) is 13.1 Å². The smallest absolute Gasteiger partial charge is 0.224 e. The first-order chi connectivity index (χ1) is 7.36. The van der Waals surface area contributed by atoms with Crippen LogP contribution in [0.5, 0.6) is 0 Å². The molecule has 2 rings (SSSR count). The molecule has 1 fully saturated rings. The van der Waals surface area contributed by atoms with E-state index in [0.717, 1.165) is 25.1 Å².